The fraction of sp³-hybridized carbons (Fsp3) is 0.167. The van der Waals surface area contributed by atoms with E-state index in [4.69, 9.17) is 28.3 Å². The summed E-state index contributed by atoms with van der Waals surface area (Å²) in [5.74, 6) is -2.01. The molecule has 8 heteroatoms. The zero-order valence-corrected chi connectivity index (χ0v) is 15.1. The average molecular weight is 393 g/mol. The Balaban J connectivity index is 1.90. The van der Waals surface area contributed by atoms with Gasteiger partial charge in [0.25, 0.3) is 5.91 Å². The topological polar surface area (TPSA) is 86.7 Å². The summed E-state index contributed by atoms with van der Waals surface area (Å²) >= 11 is 12.0. The SMILES string of the molecule is Cc1ccc(C(=O)O)cc1N1C(=O)C[C@H](Nc2ccc(Cl)cc2Cl)C1=O. The summed E-state index contributed by atoms with van der Waals surface area (Å²) in [4.78, 5) is 37.4. The second kappa shape index (κ2) is 6.97. The highest BCUT2D eigenvalue weighted by Gasteiger charge is 2.40. The molecule has 0 saturated carbocycles. The molecule has 2 amide bonds. The summed E-state index contributed by atoms with van der Waals surface area (Å²) in [6, 6.07) is 8.30. The number of halogens is 2. The van der Waals surface area contributed by atoms with Gasteiger partial charge in [-0.15, -0.1) is 0 Å². The van der Waals surface area contributed by atoms with Crippen LogP contribution in [-0.2, 0) is 9.59 Å². The zero-order valence-electron chi connectivity index (χ0n) is 13.6. The molecule has 2 aromatic carbocycles. The number of aryl methyl sites for hydroxylation is 1. The normalized spacial score (nSPS) is 16.9. The lowest BCUT2D eigenvalue weighted by Gasteiger charge is -2.19. The Hall–Kier alpha value is -2.57. The number of aromatic carboxylic acids is 1. The number of nitrogens with zero attached hydrogens (tertiary/aromatic N) is 1. The van der Waals surface area contributed by atoms with E-state index in [0.717, 1.165) is 4.90 Å². The monoisotopic (exact) mass is 392 g/mol. The van der Waals surface area contributed by atoms with Crippen LogP contribution in [0.4, 0.5) is 11.4 Å². The van der Waals surface area contributed by atoms with Gasteiger partial charge in [-0.3, -0.25) is 9.59 Å². The third-order valence-corrected chi connectivity index (χ3v) is 4.65. The number of imide groups is 1. The van der Waals surface area contributed by atoms with E-state index >= 15 is 0 Å². The van der Waals surface area contributed by atoms with Crippen molar-refractivity contribution >= 4 is 52.4 Å². The number of hydrogen-bond donors (Lipinski definition) is 2. The van der Waals surface area contributed by atoms with Crippen LogP contribution in [0.3, 0.4) is 0 Å². The van der Waals surface area contributed by atoms with Gasteiger partial charge in [-0.25, -0.2) is 9.69 Å². The lowest BCUT2D eigenvalue weighted by Crippen LogP contribution is -2.35. The molecule has 2 aromatic rings. The van der Waals surface area contributed by atoms with Gasteiger partial charge in [0, 0.05) is 5.02 Å². The molecule has 0 aromatic heterocycles. The van der Waals surface area contributed by atoms with Crippen molar-refractivity contribution in [2.24, 2.45) is 0 Å². The van der Waals surface area contributed by atoms with Crippen molar-refractivity contribution < 1.29 is 19.5 Å². The van der Waals surface area contributed by atoms with E-state index in [1.54, 1.807) is 25.1 Å². The summed E-state index contributed by atoms with van der Waals surface area (Å²) in [6.07, 6.45) is -0.0610. The fourth-order valence-electron chi connectivity index (χ4n) is 2.78. The Morgan fingerprint density at radius 1 is 1.19 bits per heavy atom. The molecule has 1 fully saturated rings. The lowest BCUT2D eigenvalue weighted by atomic mass is 10.1. The van der Waals surface area contributed by atoms with Gasteiger partial charge >= 0.3 is 5.97 Å². The molecule has 134 valence electrons. The van der Waals surface area contributed by atoms with Crippen molar-refractivity contribution in [2.75, 3.05) is 10.2 Å². The Morgan fingerprint density at radius 3 is 2.58 bits per heavy atom. The Kier molecular flexibility index (Phi) is 4.89. The molecular formula is C18H14Cl2N2O4. The molecular weight excluding hydrogens is 379 g/mol. The van der Waals surface area contributed by atoms with Gasteiger partial charge in [0.2, 0.25) is 5.91 Å². The van der Waals surface area contributed by atoms with Crippen LogP contribution in [0.25, 0.3) is 0 Å². The van der Waals surface area contributed by atoms with Crippen molar-refractivity contribution in [2.45, 2.75) is 19.4 Å². The number of carboxylic acids is 1. The molecule has 1 aliphatic rings. The Morgan fingerprint density at radius 2 is 1.92 bits per heavy atom. The first-order chi connectivity index (χ1) is 12.3. The smallest absolute Gasteiger partial charge is 0.335 e. The Bertz CT molecular complexity index is 929. The van der Waals surface area contributed by atoms with E-state index in [0.29, 0.717) is 21.3 Å². The van der Waals surface area contributed by atoms with Gasteiger partial charge in [0.05, 0.1) is 28.4 Å². The Labute approximate surface area is 159 Å². The van der Waals surface area contributed by atoms with Crippen LogP contribution in [0.2, 0.25) is 10.0 Å². The fourth-order valence-corrected chi connectivity index (χ4v) is 3.24. The van der Waals surface area contributed by atoms with E-state index in [-0.39, 0.29) is 17.7 Å². The van der Waals surface area contributed by atoms with Gasteiger partial charge in [-0.1, -0.05) is 29.3 Å². The molecule has 0 spiro atoms. The van der Waals surface area contributed by atoms with E-state index in [9.17, 15) is 14.4 Å². The van der Waals surface area contributed by atoms with Crippen molar-refractivity contribution in [3.8, 4) is 0 Å². The second-order valence-corrected chi connectivity index (χ2v) is 6.74. The maximum absolute atomic E-state index is 12.8. The minimum Gasteiger partial charge on any atom is -0.478 e. The maximum Gasteiger partial charge on any atom is 0.335 e. The predicted molar refractivity (Wildman–Crippen MR) is 99.1 cm³/mol. The van der Waals surface area contributed by atoms with E-state index < -0.39 is 23.8 Å². The zero-order chi connectivity index (χ0) is 19.0. The van der Waals surface area contributed by atoms with Gasteiger partial charge in [0.1, 0.15) is 6.04 Å². The first-order valence-corrected chi connectivity index (χ1v) is 8.46. The van der Waals surface area contributed by atoms with Gasteiger partial charge in [-0.05, 0) is 42.8 Å². The van der Waals surface area contributed by atoms with Crippen LogP contribution in [0.15, 0.2) is 36.4 Å². The standard InChI is InChI=1S/C18H14Cl2N2O4/c1-9-2-3-10(18(25)26)6-15(9)22-16(23)8-14(17(22)24)21-13-5-4-11(19)7-12(13)20/h2-7,14,21H,8H2,1H3,(H,25,26)/t14-/m0/s1. The minimum atomic E-state index is -1.13. The molecule has 26 heavy (non-hydrogen) atoms. The number of amides is 2. The quantitative estimate of drug-likeness (QED) is 0.773. The van der Waals surface area contributed by atoms with Crippen LogP contribution in [0.5, 0.6) is 0 Å². The van der Waals surface area contributed by atoms with Crippen molar-refractivity contribution in [1.82, 2.24) is 0 Å². The largest absolute Gasteiger partial charge is 0.478 e. The van der Waals surface area contributed by atoms with E-state index in [1.165, 1.54) is 18.2 Å². The van der Waals surface area contributed by atoms with Crippen LogP contribution >= 0.6 is 23.2 Å². The summed E-state index contributed by atoms with van der Waals surface area (Å²) in [6.45, 7) is 1.71. The first kappa shape index (κ1) is 18.2. The van der Waals surface area contributed by atoms with E-state index in [2.05, 4.69) is 5.32 Å². The highest BCUT2D eigenvalue weighted by molar-refractivity contribution is 6.36. The molecule has 0 aliphatic carbocycles. The second-order valence-electron chi connectivity index (χ2n) is 5.90. The number of carbonyl (C=O) groups excluding carboxylic acids is 2. The number of anilines is 2. The summed E-state index contributed by atoms with van der Waals surface area (Å²) in [5.41, 5.74) is 1.39. The van der Waals surface area contributed by atoms with Crippen LogP contribution in [0.1, 0.15) is 22.3 Å². The molecule has 6 nitrogen and oxygen atoms in total. The molecule has 1 saturated heterocycles. The number of rotatable bonds is 4. The lowest BCUT2D eigenvalue weighted by molar-refractivity contribution is -0.121. The number of benzene rings is 2. The molecule has 1 aliphatic heterocycles. The van der Waals surface area contributed by atoms with Crippen molar-refractivity contribution in [3.05, 3.63) is 57.6 Å². The predicted octanol–water partition coefficient (Wildman–Crippen LogP) is 3.74. The summed E-state index contributed by atoms with van der Waals surface area (Å²) in [7, 11) is 0. The molecule has 3 rings (SSSR count). The van der Waals surface area contributed by atoms with Crippen LogP contribution in [0, 0.1) is 6.92 Å². The molecule has 1 heterocycles. The number of carboxylic acid groups (broad SMARTS) is 1. The first-order valence-electron chi connectivity index (χ1n) is 7.70. The highest BCUT2D eigenvalue weighted by Crippen LogP contribution is 2.31. The van der Waals surface area contributed by atoms with Gasteiger partial charge < -0.3 is 10.4 Å². The van der Waals surface area contributed by atoms with Gasteiger partial charge in [-0.2, -0.15) is 0 Å². The molecule has 2 N–H and O–H groups in total. The third-order valence-electron chi connectivity index (χ3n) is 4.10. The maximum atomic E-state index is 12.8. The number of nitrogens with one attached hydrogen (secondary N) is 1. The molecule has 1 atom stereocenters. The number of hydrogen-bond acceptors (Lipinski definition) is 4. The van der Waals surface area contributed by atoms with Crippen molar-refractivity contribution in [3.63, 3.8) is 0 Å². The minimum absolute atomic E-state index is 0.00311. The van der Waals surface area contributed by atoms with Crippen LogP contribution in [-0.4, -0.2) is 28.9 Å². The molecule has 0 unspecified atom stereocenters. The molecule has 0 radical (unpaired) electrons. The molecule has 0 bridgehead atoms. The number of carbonyl (C=O) groups is 3. The van der Waals surface area contributed by atoms with Crippen molar-refractivity contribution in [1.29, 1.82) is 0 Å². The highest BCUT2D eigenvalue weighted by atomic mass is 35.5. The van der Waals surface area contributed by atoms with Crippen LogP contribution < -0.4 is 10.2 Å². The van der Waals surface area contributed by atoms with Gasteiger partial charge in [0.15, 0.2) is 0 Å². The third kappa shape index (κ3) is 3.38. The average Bonchev–Trinajstić information content (AvgIpc) is 2.84. The summed E-state index contributed by atoms with van der Waals surface area (Å²) in [5, 5.41) is 12.9. The van der Waals surface area contributed by atoms with E-state index in [1.807, 2.05) is 0 Å². The summed E-state index contributed by atoms with van der Waals surface area (Å²) < 4.78 is 0.